The predicted octanol–water partition coefficient (Wildman–Crippen LogP) is 3.68. The van der Waals surface area contributed by atoms with Gasteiger partial charge in [0.05, 0.1) is 6.04 Å². The Morgan fingerprint density at radius 3 is 2.36 bits per heavy atom. The highest BCUT2D eigenvalue weighted by Crippen LogP contribution is 2.35. The Bertz CT molecular complexity index is 1070. The van der Waals surface area contributed by atoms with Crippen molar-refractivity contribution in [2.75, 3.05) is 13.1 Å². The number of hydrogen-bond acceptors (Lipinski definition) is 5. The molecule has 3 aromatic carbocycles. The zero-order chi connectivity index (χ0) is 23.4. The lowest BCUT2D eigenvalue weighted by molar-refractivity contribution is 0.0195. The molecule has 0 radical (unpaired) electrons. The van der Waals surface area contributed by atoms with Gasteiger partial charge in [-0.05, 0) is 54.8 Å². The first kappa shape index (κ1) is 23.0. The number of nitrogens with two attached hydrogens (primary N) is 1. The Labute approximate surface area is 195 Å². The van der Waals surface area contributed by atoms with E-state index in [0.717, 1.165) is 30.8 Å². The number of nitrogen functional groups attached to an aromatic ring is 1. The van der Waals surface area contributed by atoms with Crippen molar-refractivity contribution in [2.45, 2.75) is 38.5 Å². The van der Waals surface area contributed by atoms with E-state index in [-0.39, 0.29) is 17.7 Å². The number of hydrogen-bond donors (Lipinski definition) is 3. The molecule has 3 aromatic rings. The first-order chi connectivity index (χ1) is 16.0. The van der Waals surface area contributed by atoms with Gasteiger partial charge in [0, 0.05) is 37.3 Å². The maximum atomic E-state index is 11.9. The van der Waals surface area contributed by atoms with E-state index in [2.05, 4.69) is 65.5 Å². The molecule has 1 heterocycles. The van der Waals surface area contributed by atoms with Crippen molar-refractivity contribution >= 4 is 5.91 Å². The van der Waals surface area contributed by atoms with Crippen molar-refractivity contribution in [3.63, 3.8) is 0 Å². The number of carbonyl (C=O) groups is 1. The van der Waals surface area contributed by atoms with Crippen LogP contribution in [0.2, 0.25) is 0 Å². The smallest absolute Gasteiger partial charge is 0.265 e. The molecule has 6 heteroatoms. The molecule has 0 unspecified atom stereocenters. The van der Waals surface area contributed by atoms with Crippen molar-refractivity contribution in [1.29, 1.82) is 0 Å². The van der Waals surface area contributed by atoms with Crippen LogP contribution in [0.3, 0.4) is 0 Å². The summed E-state index contributed by atoms with van der Waals surface area (Å²) in [5.74, 6) is 5.23. The number of carbonyl (C=O) groups excluding carboxylic acids is 1. The number of aromatic hydroxyl groups is 1. The summed E-state index contributed by atoms with van der Waals surface area (Å²) >= 11 is 0. The summed E-state index contributed by atoms with van der Waals surface area (Å²) in [5, 5.41) is 10.2. The number of nitrogens with zero attached hydrogens (tertiary/aromatic N) is 2. The predicted molar refractivity (Wildman–Crippen MR) is 131 cm³/mol. The summed E-state index contributed by atoms with van der Waals surface area (Å²) in [6, 6.07) is 26.2. The average Bonchev–Trinajstić information content (AvgIpc) is 2.83. The molecule has 6 nitrogen and oxygen atoms in total. The van der Waals surface area contributed by atoms with Gasteiger partial charge in [-0.1, -0.05) is 54.6 Å². The minimum atomic E-state index is -0.313. The number of nitrogens with one attached hydrogen (secondary N) is 1. The minimum absolute atomic E-state index is 0.0385. The quantitative estimate of drug-likeness (QED) is 0.307. The number of amides is 1. The topological polar surface area (TPSA) is 81.8 Å². The summed E-state index contributed by atoms with van der Waals surface area (Å²) in [4.78, 5) is 16.9. The van der Waals surface area contributed by atoms with Crippen LogP contribution in [0, 0.1) is 0 Å². The Morgan fingerprint density at radius 2 is 1.70 bits per heavy atom. The molecule has 1 saturated heterocycles. The second-order valence-corrected chi connectivity index (χ2v) is 8.90. The lowest BCUT2D eigenvalue weighted by Gasteiger charge is -2.47. The van der Waals surface area contributed by atoms with Crippen molar-refractivity contribution in [3.8, 4) is 5.75 Å². The third-order valence-electron chi connectivity index (χ3n) is 6.53. The van der Waals surface area contributed by atoms with Gasteiger partial charge in [-0.15, -0.1) is 0 Å². The minimum Gasteiger partial charge on any atom is -0.508 e. The highest BCUT2D eigenvalue weighted by molar-refractivity contribution is 5.93. The van der Waals surface area contributed by atoms with E-state index in [1.54, 1.807) is 18.2 Å². The lowest BCUT2D eigenvalue weighted by Crippen LogP contribution is -2.56. The van der Waals surface area contributed by atoms with Crippen molar-refractivity contribution < 1.29 is 9.90 Å². The van der Waals surface area contributed by atoms with Gasteiger partial charge < -0.3 is 5.11 Å². The zero-order valence-corrected chi connectivity index (χ0v) is 19.2. The third kappa shape index (κ3) is 5.25. The number of piperazine rings is 1. The Morgan fingerprint density at radius 1 is 0.970 bits per heavy atom. The standard InChI is InChI=1S/C27H32N4O2/c1-19-17-31(20(2)16-30(19)18-21-7-4-3-5-8-21)26(24-9-6-10-25(32)15-24)22-11-13-23(14-12-22)27(33)29-28/h3-15,19-20,26,32H,16-18,28H2,1-2H3,(H,29,33)/t19-,20+,26-/m1/s1. The van der Waals surface area contributed by atoms with Crippen LogP contribution in [-0.2, 0) is 6.54 Å². The normalized spacial score (nSPS) is 20.3. The van der Waals surface area contributed by atoms with E-state index in [1.165, 1.54) is 5.56 Å². The number of benzene rings is 3. The number of phenols is 1. The van der Waals surface area contributed by atoms with E-state index in [4.69, 9.17) is 5.84 Å². The number of rotatable bonds is 6. The summed E-state index contributed by atoms with van der Waals surface area (Å²) in [7, 11) is 0. The Kier molecular flexibility index (Phi) is 7.08. The molecular weight excluding hydrogens is 412 g/mol. The molecule has 0 aliphatic carbocycles. The molecule has 4 rings (SSSR count). The van der Waals surface area contributed by atoms with Crippen LogP contribution < -0.4 is 11.3 Å². The SMILES string of the molecule is C[C@@H]1CN([C@H](c2ccc(C(=O)NN)cc2)c2cccc(O)c2)[C@@H](C)CN1Cc1ccccc1. The highest BCUT2D eigenvalue weighted by Gasteiger charge is 2.35. The molecule has 0 spiro atoms. The molecule has 172 valence electrons. The van der Waals surface area contributed by atoms with E-state index in [0.29, 0.717) is 17.6 Å². The molecule has 1 aliphatic rings. The molecule has 33 heavy (non-hydrogen) atoms. The summed E-state index contributed by atoms with van der Waals surface area (Å²) < 4.78 is 0. The van der Waals surface area contributed by atoms with Gasteiger partial charge in [-0.3, -0.25) is 20.0 Å². The third-order valence-corrected chi connectivity index (χ3v) is 6.53. The number of phenolic OH excluding ortho intramolecular Hbond substituents is 1. The van der Waals surface area contributed by atoms with Gasteiger partial charge in [-0.25, -0.2) is 5.84 Å². The first-order valence-corrected chi connectivity index (χ1v) is 11.4. The van der Waals surface area contributed by atoms with E-state index in [9.17, 15) is 9.90 Å². The maximum Gasteiger partial charge on any atom is 0.265 e. The molecule has 0 saturated carbocycles. The van der Waals surface area contributed by atoms with Crippen LogP contribution in [0.1, 0.15) is 46.9 Å². The second-order valence-electron chi connectivity index (χ2n) is 8.90. The van der Waals surface area contributed by atoms with Crippen LogP contribution in [-0.4, -0.2) is 46.0 Å². The molecule has 4 N–H and O–H groups in total. The van der Waals surface area contributed by atoms with Crippen LogP contribution in [0.4, 0.5) is 0 Å². The van der Waals surface area contributed by atoms with E-state index >= 15 is 0 Å². The molecule has 0 aromatic heterocycles. The van der Waals surface area contributed by atoms with Crippen LogP contribution in [0.15, 0.2) is 78.9 Å². The molecule has 1 amide bonds. The van der Waals surface area contributed by atoms with Gasteiger partial charge in [0.15, 0.2) is 0 Å². The lowest BCUT2D eigenvalue weighted by atomic mass is 9.92. The van der Waals surface area contributed by atoms with Gasteiger partial charge >= 0.3 is 0 Å². The molecule has 3 atom stereocenters. The van der Waals surface area contributed by atoms with Crippen molar-refractivity contribution in [3.05, 3.63) is 101 Å². The fourth-order valence-electron chi connectivity index (χ4n) is 4.79. The monoisotopic (exact) mass is 444 g/mol. The zero-order valence-electron chi connectivity index (χ0n) is 19.2. The summed E-state index contributed by atoms with van der Waals surface area (Å²) in [6.45, 7) is 7.30. The van der Waals surface area contributed by atoms with E-state index < -0.39 is 0 Å². The molecular formula is C27H32N4O2. The van der Waals surface area contributed by atoms with Crippen LogP contribution in [0.25, 0.3) is 0 Å². The average molecular weight is 445 g/mol. The fraction of sp³-hybridized carbons (Fsp3) is 0.296. The van der Waals surface area contributed by atoms with Gasteiger partial charge in [0.25, 0.3) is 5.91 Å². The largest absolute Gasteiger partial charge is 0.508 e. The highest BCUT2D eigenvalue weighted by atomic mass is 16.3. The van der Waals surface area contributed by atoms with Crippen molar-refractivity contribution in [2.24, 2.45) is 5.84 Å². The van der Waals surface area contributed by atoms with E-state index in [1.807, 2.05) is 24.3 Å². The molecule has 1 aliphatic heterocycles. The Hall–Kier alpha value is -3.19. The van der Waals surface area contributed by atoms with Gasteiger partial charge in [0.2, 0.25) is 0 Å². The van der Waals surface area contributed by atoms with Gasteiger partial charge in [0.1, 0.15) is 5.75 Å². The Balaban J connectivity index is 1.62. The summed E-state index contributed by atoms with van der Waals surface area (Å²) in [5.41, 5.74) is 6.13. The van der Waals surface area contributed by atoms with Crippen LogP contribution in [0.5, 0.6) is 5.75 Å². The van der Waals surface area contributed by atoms with Crippen LogP contribution >= 0.6 is 0 Å². The molecule has 1 fully saturated rings. The van der Waals surface area contributed by atoms with Crippen molar-refractivity contribution in [1.82, 2.24) is 15.2 Å². The maximum absolute atomic E-state index is 11.9. The first-order valence-electron chi connectivity index (χ1n) is 11.4. The number of hydrazine groups is 1. The summed E-state index contributed by atoms with van der Waals surface area (Å²) in [6.07, 6.45) is 0. The van der Waals surface area contributed by atoms with Gasteiger partial charge in [-0.2, -0.15) is 0 Å². The fourth-order valence-corrected chi connectivity index (χ4v) is 4.79. The second kappa shape index (κ2) is 10.2. The molecule has 0 bridgehead atoms.